The summed E-state index contributed by atoms with van der Waals surface area (Å²) >= 11 is 7.48. The number of carbonyl (C=O) groups excluding carboxylic acids is 3. The molecule has 184 valence electrons. The minimum absolute atomic E-state index is 0.0817. The highest BCUT2D eigenvalue weighted by molar-refractivity contribution is 8.00. The molecule has 0 radical (unpaired) electrons. The van der Waals surface area contributed by atoms with E-state index in [-0.39, 0.29) is 23.1 Å². The van der Waals surface area contributed by atoms with E-state index in [9.17, 15) is 14.4 Å². The van der Waals surface area contributed by atoms with Crippen LogP contribution < -0.4 is 10.6 Å². The van der Waals surface area contributed by atoms with E-state index in [1.807, 2.05) is 42.5 Å². The second-order valence-corrected chi connectivity index (χ2v) is 9.42. The van der Waals surface area contributed by atoms with Gasteiger partial charge in [-0.1, -0.05) is 78.3 Å². The van der Waals surface area contributed by atoms with Gasteiger partial charge in [0.05, 0.1) is 10.8 Å². The lowest BCUT2D eigenvalue weighted by Crippen LogP contribution is -2.30. The summed E-state index contributed by atoms with van der Waals surface area (Å²) in [6, 6.07) is 32.1. The minimum Gasteiger partial charge on any atom is -0.321 e. The molecule has 0 saturated heterocycles. The molecule has 0 unspecified atom stereocenters. The van der Waals surface area contributed by atoms with E-state index in [2.05, 4.69) is 10.6 Å². The summed E-state index contributed by atoms with van der Waals surface area (Å²) in [7, 11) is 0. The summed E-state index contributed by atoms with van der Waals surface area (Å²) in [6.07, 6.45) is 1.62. The van der Waals surface area contributed by atoms with Crippen LogP contribution in [0.15, 0.2) is 120 Å². The molecule has 0 aliphatic carbocycles. The Morgan fingerprint density at radius 2 is 1.46 bits per heavy atom. The van der Waals surface area contributed by atoms with E-state index < -0.39 is 5.91 Å². The van der Waals surface area contributed by atoms with Crippen molar-refractivity contribution in [1.82, 2.24) is 5.32 Å². The molecule has 5 nitrogen and oxygen atoms in total. The quantitative estimate of drug-likeness (QED) is 0.144. The number of benzene rings is 4. The van der Waals surface area contributed by atoms with Gasteiger partial charge in [-0.3, -0.25) is 14.4 Å². The monoisotopic (exact) mass is 526 g/mol. The smallest absolute Gasteiger partial charge is 0.272 e. The molecule has 4 aromatic rings. The molecule has 0 aliphatic heterocycles. The largest absolute Gasteiger partial charge is 0.321 e. The highest BCUT2D eigenvalue weighted by Gasteiger charge is 2.16. The number of ketones is 1. The highest BCUT2D eigenvalue weighted by atomic mass is 35.5. The number of rotatable bonds is 9. The molecule has 0 aliphatic rings. The van der Waals surface area contributed by atoms with Crippen LogP contribution in [0.5, 0.6) is 0 Å². The molecule has 4 aromatic carbocycles. The standard InChI is InChI=1S/C30H23ClN2O3S/c31-26-17-8-7-16-25(26)28(34)20-37-24-15-9-14-23(19-24)32-30(36)27(18-21-10-3-1-4-11-21)33-29(35)22-12-5-2-6-13-22/h1-19H,20H2,(H,32,36)(H,33,35)/b27-18-. The maximum absolute atomic E-state index is 13.2. The van der Waals surface area contributed by atoms with Crippen molar-refractivity contribution in [3.05, 3.63) is 137 Å². The van der Waals surface area contributed by atoms with Gasteiger partial charge in [0, 0.05) is 21.7 Å². The van der Waals surface area contributed by atoms with Crippen molar-refractivity contribution in [1.29, 1.82) is 0 Å². The van der Waals surface area contributed by atoms with Gasteiger partial charge in [0.15, 0.2) is 5.78 Å². The molecular formula is C30H23ClN2O3S. The molecular weight excluding hydrogens is 504 g/mol. The van der Waals surface area contributed by atoms with Crippen molar-refractivity contribution < 1.29 is 14.4 Å². The Labute approximate surface area is 224 Å². The lowest BCUT2D eigenvalue weighted by molar-refractivity contribution is -0.113. The number of halogens is 1. The summed E-state index contributed by atoms with van der Waals surface area (Å²) in [6.45, 7) is 0. The first-order valence-electron chi connectivity index (χ1n) is 11.4. The summed E-state index contributed by atoms with van der Waals surface area (Å²) in [4.78, 5) is 39.4. The van der Waals surface area contributed by atoms with E-state index >= 15 is 0 Å². The Morgan fingerprint density at radius 1 is 0.784 bits per heavy atom. The van der Waals surface area contributed by atoms with Crippen LogP contribution in [0.4, 0.5) is 5.69 Å². The number of nitrogens with one attached hydrogen (secondary N) is 2. The second-order valence-electron chi connectivity index (χ2n) is 7.96. The van der Waals surface area contributed by atoms with Crippen LogP contribution in [0, 0.1) is 0 Å². The van der Waals surface area contributed by atoms with Crippen LogP contribution in [-0.4, -0.2) is 23.4 Å². The predicted octanol–water partition coefficient (Wildman–Crippen LogP) is 6.72. The van der Waals surface area contributed by atoms with Crippen molar-refractivity contribution in [3.63, 3.8) is 0 Å². The predicted molar refractivity (Wildman–Crippen MR) is 150 cm³/mol. The van der Waals surface area contributed by atoms with Gasteiger partial charge in [-0.05, 0) is 54.1 Å². The van der Waals surface area contributed by atoms with Crippen LogP contribution in [0.25, 0.3) is 6.08 Å². The summed E-state index contributed by atoms with van der Waals surface area (Å²) in [5.41, 5.74) is 2.32. The molecule has 0 bridgehead atoms. The Kier molecular flexibility index (Phi) is 8.92. The maximum atomic E-state index is 13.2. The van der Waals surface area contributed by atoms with E-state index in [0.717, 1.165) is 10.5 Å². The molecule has 0 atom stereocenters. The fourth-order valence-electron chi connectivity index (χ4n) is 3.43. The maximum Gasteiger partial charge on any atom is 0.272 e. The Balaban J connectivity index is 1.48. The number of hydrogen-bond donors (Lipinski definition) is 2. The molecule has 0 spiro atoms. The summed E-state index contributed by atoms with van der Waals surface area (Å²) < 4.78 is 0. The Bertz CT molecular complexity index is 1440. The summed E-state index contributed by atoms with van der Waals surface area (Å²) in [5.74, 6) is -0.738. The van der Waals surface area contributed by atoms with Crippen LogP contribution in [-0.2, 0) is 4.79 Å². The number of Topliss-reactive ketones (excluding diaryl/α,β-unsaturated/α-hetero) is 1. The first-order chi connectivity index (χ1) is 18.0. The van der Waals surface area contributed by atoms with Crippen molar-refractivity contribution in [2.75, 3.05) is 11.1 Å². The van der Waals surface area contributed by atoms with Gasteiger partial charge in [0.2, 0.25) is 0 Å². The second kappa shape index (κ2) is 12.7. The third-order valence-corrected chi connectivity index (χ3v) is 6.60. The first kappa shape index (κ1) is 25.9. The van der Waals surface area contributed by atoms with Crippen LogP contribution in [0.2, 0.25) is 5.02 Å². The SMILES string of the molecule is O=C(Nc1cccc(SCC(=O)c2ccccc2Cl)c1)/C(=C/c1ccccc1)NC(=O)c1ccccc1. The molecule has 7 heteroatoms. The Hall–Kier alpha value is -4.13. The molecule has 0 aromatic heterocycles. The van der Waals surface area contributed by atoms with Crippen molar-refractivity contribution in [3.8, 4) is 0 Å². The zero-order valence-electron chi connectivity index (χ0n) is 19.7. The molecule has 0 saturated carbocycles. The van der Waals surface area contributed by atoms with Gasteiger partial charge in [-0.25, -0.2) is 0 Å². The van der Waals surface area contributed by atoms with E-state index in [1.54, 1.807) is 72.8 Å². The number of carbonyl (C=O) groups is 3. The van der Waals surface area contributed by atoms with E-state index in [0.29, 0.717) is 21.8 Å². The number of thioether (sulfide) groups is 1. The van der Waals surface area contributed by atoms with Gasteiger partial charge >= 0.3 is 0 Å². The van der Waals surface area contributed by atoms with Crippen LogP contribution >= 0.6 is 23.4 Å². The number of hydrogen-bond acceptors (Lipinski definition) is 4. The Morgan fingerprint density at radius 3 is 2.19 bits per heavy atom. The molecule has 0 fully saturated rings. The third kappa shape index (κ3) is 7.43. The zero-order valence-corrected chi connectivity index (χ0v) is 21.3. The average molecular weight is 527 g/mol. The van der Waals surface area contributed by atoms with Gasteiger partial charge in [0.1, 0.15) is 5.70 Å². The molecule has 2 N–H and O–H groups in total. The van der Waals surface area contributed by atoms with Crippen molar-refractivity contribution in [2.45, 2.75) is 4.90 Å². The molecule has 2 amide bonds. The van der Waals surface area contributed by atoms with Crippen molar-refractivity contribution in [2.24, 2.45) is 0 Å². The minimum atomic E-state index is -0.470. The van der Waals surface area contributed by atoms with Gasteiger partial charge < -0.3 is 10.6 Å². The van der Waals surface area contributed by atoms with Crippen LogP contribution in [0.3, 0.4) is 0 Å². The normalized spacial score (nSPS) is 11.0. The van der Waals surface area contributed by atoms with Crippen molar-refractivity contribution >= 4 is 52.7 Å². The van der Waals surface area contributed by atoms with Gasteiger partial charge in [-0.2, -0.15) is 0 Å². The molecule has 4 rings (SSSR count). The third-order valence-electron chi connectivity index (χ3n) is 5.28. The lowest BCUT2D eigenvalue weighted by Gasteiger charge is -2.12. The summed E-state index contributed by atoms with van der Waals surface area (Å²) in [5, 5.41) is 6.00. The van der Waals surface area contributed by atoms with E-state index in [1.165, 1.54) is 11.8 Å². The first-order valence-corrected chi connectivity index (χ1v) is 12.8. The zero-order chi connectivity index (χ0) is 26.0. The number of anilines is 1. The lowest BCUT2D eigenvalue weighted by atomic mass is 10.1. The molecule has 37 heavy (non-hydrogen) atoms. The fourth-order valence-corrected chi connectivity index (χ4v) is 4.51. The average Bonchev–Trinajstić information content (AvgIpc) is 2.93. The van der Waals surface area contributed by atoms with Crippen LogP contribution in [0.1, 0.15) is 26.3 Å². The fraction of sp³-hybridized carbons (Fsp3) is 0.0333. The topological polar surface area (TPSA) is 75.3 Å². The van der Waals surface area contributed by atoms with E-state index in [4.69, 9.17) is 11.6 Å². The van der Waals surface area contributed by atoms with Gasteiger partial charge in [0.25, 0.3) is 11.8 Å². The highest BCUT2D eigenvalue weighted by Crippen LogP contribution is 2.25. The van der Waals surface area contributed by atoms with Gasteiger partial charge in [-0.15, -0.1) is 11.8 Å². The number of amides is 2. The molecule has 0 heterocycles.